The maximum absolute atomic E-state index is 12.1. The van der Waals surface area contributed by atoms with E-state index in [1.165, 1.54) is 6.21 Å². The van der Waals surface area contributed by atoms with Gasteiger partial charge in [0.15, 0.2) is 0 Å². The molecule has 0 unspecified atom stereocenters. The van der Waals surface area contributed by atoms with E-state index < -0.39 is 0 Å². The van der Waals surface area contributed by atoms with Crippen molar-refractivity contribution < 1.29 is 19.1 Å². The molecule has 0 fully saturated rings. The number of ether oxygens (including phenoxy) is 2. The summed E-state index contributed by atoms with van der Waals surface area (Å²) in [6, 6.07) is 20.0. The van der Waals surface area contributed by atoms with Crippen molar-refractivity contribution in [1.82, 2.24) is 5.43 Å². The van der Waals surface area contributed by atoms with E-state index in [9.17, 15) is 9.59 Å². The molecular formula is C26H25BrClN3O4. The quantitative estimate of drug-likeness (QED) is 0.225. The van der Waals surface area contributed by atoms with Gasteiger partial charge in [-0.15, -0.1) is 0 Å². The Morgan fingerprint density at radius 1 is 1.00 bits per heavy atom. The SMILES string of the molecule is CCOc1ccc(NC(=O)CCC(=O)NN=Cc2cc(Br)ccc2OCc2ccccc2Cl)cc1. The summed E-state index contributed by atoms with van der Waals surface area (Å²) in [4.78, 5) is 24.3. The van der Waals surface area contributed by atoms with Gasteiger partial charge in [0.05, 0.1) is 12.8 Å². The van der Waals surface area contributed by atoms with Gasteiger partial charge in [0.25, 0.3) is 0 Å². The summed E-state index contributed by atoms with van der Waals surface area (Å²) < 4.78 is 12.1. The Morgan fingerprint density at radius 2 is 1.74 bits per heavy atom. The molecule has 0 radical (unpaired) electrons. The van der Waals surface area contributed by atoms with Crippen LogP contribution in [0.5, 0.6) is 11.5 Å². The van der Waals surface area contributed by atoms with Gasteiger partial charge >= 0.3 is 0 Å². The van der Waals surface area contributed by atoms with E-state index >= 15 is 0 Å². The van der Waals surface area contributed by atoms with Crippen LogP contribution in [0, 0.1) is 0 Å². The molecule has 3 aromatic rings. The molecule has 0 aromatic heterocycles. The number of hydrazone groups is 1. The molecule has 3 aromatic carbocycles. The fourth-order valence-electron chi connectivity index (χ4n) is 3.00. The van der Waals surface area contributed by atoms with E-state index in [1.807, 2.05) is 37.3 Å². The Kier molecular flexibility index (Phi) is 10.1. The smallest absolute Gasteiger partial charge is 0.240 e. The number of nitrogens with zero attached hydrogens (tertiary/aromatic N) is 1. The maximum atomic E-state index is 12.1. The standard InChI is InChI=1S/C26H25BrClN3O4/c1-2-34-22-10-8-21(9-11-22)30-25(32)13-14-26(33)31-29-16-19-15-20(27)7-12-24(19)35-17-18-5-3-4-6-23(18)28/h3-12,15-16H,2,13-14,17H2,1H3,(H,30,32)(H,31,33). The second-order valence-electron chi connectivity index (χ2n) is 7.36. The zero-order chi connectivity index (χ0) is 25.0. The van der Waals surface area contributed by atoms with Crippen LogP contribution in [0.2, 0.25) is 5.02 Å². The molecule has 0 saturated carbocycles. The van der Waals surface area contributed by atoms with Crippen molar-refractivity contribution in [2.45, 2.75) is 26.4 Å². The highest BCUT2D eigenvalue weighted by atomic mass is 79.9. The lowest BCUT2D eigenvalue weighted by atomic mass is 10.2. The molecule has 35 heavy (non-hydrogen) atoms. The molecule has 3 rings (SSSR count). The molecule has 0 aliphatic carbocycles. The van der Waals surface area contributed by atoms with Crippen LogP contribution < -0.4 is 20.2 Å². The van der Waals surface area contributed by atoms with E-state index in [-0.39, 0.29) is 31.3 Å². The van der Waals surface area contributed by atoms with Crippen molar-refractivity contribution >= 4 is 51.2 Å². The van der Waals surface area contributed by atoms with E-state index in [0.717, 1.165) is 15.8 Å². The third kappa shape index (κ3) is 8.73. The average molecular weight is 559 g/mol. The highest BCUT2D eigenvalue weighted by Crippen LogP contribution is 2.24. The van der Waals surface area contributed by atoms with Crippen molar-refractivity contribution in [3.05, 3.63) is 87.4 Å². The van der Waals surface area contributed by atoms with Crippen molar-refractivity contribution in [3.63, 3.8) is 0 Å². The Hall–Kier alpha value is -3.36. The molecule has 0 heterocycles. The molecule has 0 aliphatic rings. The number of hydrogen-bond acceptors (Lipinski definition) is 5. The van der Waals surface area contributed by atoms with Crippen LogP contribution in [0.15, 0.2) is 76.3 Å². The summed E-state index contributed by atoms with van der Waals surface area (Å²) in [7, 11) is 0. The minimum atomic E-state index is -0.378. The Labute approximate surface area is 217 Å². The summed E-state index contributed by atoms with van der Waals surface area (Å²) in [5, 5.41) is 7.38. The molecule has 0 saturated heterocycles. The lowest BCUT2D eigenvalue weighted by molar-refractivity contribution is -0.124. The number of nitrogens with one attached hydrogen (secondary N) is 2. The maximum Gasteiger partial charge on any atom is 0.240 e. The van der Waals surface area contributed by atoms with Crippen LogP contribution >= 0.6 is 27.5 Å². The Morgan fingerprint density at radius 3 is 2.49 bits per heavy atom. The fraction of sp³-hybridized carbons (Fsp3) is 0.192. The van der Waals surface area contributed by atoms with E-state index in [2.05, 4.69) is 31.8 Å². The van der Waals surface area contributed by atoms with Crippen molar-refractivity contribution in [2.75, 3.05) is 11.9 Å². The Bertz CT molecular complexity index is 1190. The van der Waals surface area contributed by atoms with E-state index in [4.69, 9.17) is 21.1 Å². The predicted molar refractivity (Wildman–Crippen MR) is 141 cm³/mol. The topological polar surface area (TPSA) is 89.0 Å². The molecule has 182 valence electrons. The molecule has 0 spiro atoms. The van der Waals surface area contributed by atoms with Gasteiger partial charge in [-0.05, 0) is 55.5 Å². The van der Waals surface area contributed by atoms with Gasteiger partial charge in [-0.3, -0.25) is 9.59 Å². The number of rotatable bonds is 11. The second kappa shape index (κ2) is 13.5. The van der Waals surface area contributed by atoms with Crippen LogP contribution in [0.4, 0.5) is 5.69 Å². The first-order chi connectivity index (χ1) is 16.9. The summed E-state index contributed by atoms with van der Waals surface area (Å²) in [5.74, 6) is 0.665. The highest BCUT2D eigenvalue weighted by molar-refractivity contribution is 9.10. The van der Waals surface area contributed by atoms with Gasteiger partial charge in [-0.2, -0.15) is 5.10 Å². The van der Waals surface area contributed by atoms with Crippen LogP contribution in [0.1, 0.15) is 30.9 Å². The number of carbonyl (C=O) groups excluding carboxylic acids is 2. The van der Waals surface area contributed by atoms with Gasteiger partial charge < -0.3 is 14.8 Å². The zero-order valence-electron chi connectivity index (χ0n) is 19.1. The van der Waals surface area contributed by atoms with Gasteiger partial charge in [0.1, 0.15) is 18.1 Å². The number of carbonyl (C=O) groups is 2. The van der Waals surface area contributed by atoms with E-state index in [0.29, 0.717) is 28.6 Å². The molecule has 2 amide bonds. The normalized spacial score (nSPS) is 10.7. The van der Waals surface area contributed by atoms with Crippen molar-refractivity contribution in [2.24, 2.45) is 5.10 Å². The molecule has 2 N–H and O–H groups in total. The third-order valence-electron chi connectivity index (χ3n) is 4.73. The van der Waals surface area contributed by atoms with Crippen LogP contribution in [0.25, 0.3) is 0 Å². The largest absolute Gasteiger partial charge is 0.494 e. The molecule has 9 heteroatoms. The summed E-state index contributed by atoms with van der Waals surface area (Å²) in [6.07, 6.45) is 1.51. The number of amides is 2. The molecule has 7 nitrogen and oxygen atoms in total. The van der Waals surface area contributed by atoms with Crippen molar-refractivity contribution in [1.29, 1.82) is 0 Å². The van der Waals surface area contributed by atoms with Gasteiger partial charge in [0.2, 0.25) is 11.8 Å². The van der Waals surface area contributed by atoms with Crippen LogP contribution in [-0.4, -0.2) is 24.6 Å². The van der Waals surface area contributed by atoms with Gasteiger partial charge in [0, 0.05) is 39.2 Å². The van der Waals surface area contributed by atoms with Crippen molar-refractivity contribution in [3.8, 4) is 11.5 Å². The minimum Gasteiger partial charge on any atom is -0.494 e. The van der Waals surface area contributed by atoms with Crippen LogP contribution in [0.3, 0.4) is 0 Å². The Balaban J connectivity index is 1.48. The lowest BCUT2D eigenvalue weighted by Gasteiger charge is -2.10. The summed E-state index contributed by atoms with van der Waals surface area (Å²) in [6.45, 7) is 2.76. The predicted octanol–water partition coefficient (Wildman–Crippen LogP) is 5.95. The monoisotopic (exact) mass is 557 g/mol. The van der Waals surface area contributed by atoms with E-state index in [1.54, 1.807) is 36.4 Å². The molecular weight excluding hydrogens is 534 g/mol. The lowest BCUT2D eigenvalue weighted by Crippen LogP contribution is -2.20. The second-order valence-corrected chi connectivity index (χ2v) is 8.68. The third-order valence-corrected chi connectivity index (χ3v) is 5.60. The molecule has 0 bridgehead atoms. The number of benzene rings is 3. The number of halogens is 2. The first-order valence-corrected chi connectivity index (χ1v) is 12.1. The first kappa shape index (κ1) is 26.2. The van der Waals surface area contributed by atoms with Gasteiger partial charge in [-0.25, -0.2) is 5.43 Å². The number of anilines is 1. The highest BCUT2D eigenvalue weighted by Gasteiger charge is 2.08. The molecule has 0 atom stereocenters. The fourth-order valence-corrected chi connectivity index (χ4v) is 3.57. The summed E-state index contributed by atoms with van der Waals surface area (Å²) in [5.41, 5.74) is 4.60. The van der Waals surface area contributed by atoms with Crippen LogP contribution in [-0.2, 0) is 16.2 Å². The minimum absolute atomic E-state index is 0.00541. The zero-order valence-corrected chi connectivity index (χ0v) is 21.4. The van der Waals surface area contributed by atoms with Gasteiger partial charge in [-0.1, -0.05) is 45.7 Å². The molecule has 0 aliphatic heterocycles. The average Bonchev–Trinajstić information content (AvgIpc) is 2.84. The summed E-state index contributed by atoms with van der Waals surface area (Å²) >= 11 is 9.62. The first-order valence-electron chi connectivity index (χ1n) is 10.9. The number of hydrogen-bond donors (Lipinski definition) is 2.